The van der Waals surface area contributed by atoms with Gasteiger partial charge in [-0.15, -0.1) is 0 Å². The van der Waals surface area contributed by atoms with E-state index in [9.17, 15) is 28.8 Å². The van der Waals surface area contributed by atoms with Crippen LogP contribution in [0.2, 0.25) is 0 Å². The van der Waals surface area contributed by atoms with Gasteiger partial charge in [0.2, 0.25) is 0 Å². The van der Waals surface area contributed by atoms with Crippen LogP contribution in [0.5, 0.6) is 0 Å². The summed E-state index contributed by atoms with van der Waals surface area (Å²) in [6, 6.07) is 0. The van der Waals surface area contributed by atoms with Gasteiger partial charge in [0.05, 0.1) is 67.0 Å². The highest BCUT2D eigenvalue weighted by molar-refractivity contribution is 5.88. The van der Waals surface area contributed by atoms with Crippen LogP contribution in [0.4, 0.5) is 0 Å². The van der Waals surface area contributed by atoms with Crippen LogP contribution in [0.3, 0.4) is 0 Å². The Kier molecular flexibility index (Phi) is 25.4. The molecule has 5 saturated carbocycles. The van der Waals surface area contributed by atoms with Crippen LogP contribution < -0.4 is 0 Å². The molecule has 0 amide bonds. The molecule has 10 bridgehead atoms. The molecule has 0 spiro atoms. The minimum absolute atomic E-state index is 0.0549. The first-order chi connectivity index (χ1) is 48.3. The van der Waals surface area contributed by atoms with Crippen molar-refractivity contribution >= 4 is 35.8 Å². The van der Waals surface area contributed by atoms with Gasteiger partial charge in [0.1, 0.15) is 33.6 Å². The third kappa shape index (κ3) is 17.9. The quantitative estimate of drug-likeness (QED) is 0.0540. The molecular formula is C83H122O18. The zero-order valence-corrected chi connectivity index (χ0v) is 62.0. The molecule has 17 unspecified atom stereocenters. The number of hydrogen-bond donors (Lipinski definition) is 0. The number of rotatable bonds is 18. The van der Waals surface area contributed by atoms with Gasteiger partial charge >= 0.3 is 35.8 Å². The molecule has 16 aliphatic rings. The second-order valence-electron chi connectivity index (χ2n) is 33.7. The maximum Gasteiger partial charge on any atom is 0.333 e. The van der Waals surface area contributed by atoms with Crippen LogP contribution in [0.25, 0.3) is 0 Å². The molecule has 0 radical (unpaired) electrons. The number of carbonyl (C=O) groups is 6. The maximum absolute atomic E-state index is 12.6. The molecule has 10 heterocycles. The molecule has 562 valence electrons. The van der Waals surface area contributed by atoms with Gasteiger partial charge in [-0.1, -0.05) is 45.0 Å². The van der Waals surface area contributed by atoms with Crippen LogP contribution in [0, 0.1) is 41.4 Å². The van der Waals surface area contributed by atoms with Gasteiger partial charge in [0.25, 0.3) is 0 Å². The number of carbonyl (C=O) groups excluding carboxylic acids is 6. The smallest absolute Gasteiger partial charge is 0.333 e. The summed E-state index contributed by atoms with van der Waals surface area (Å²) in [5.74, 6) is 1.29. The molecule has 18 heteroatoms. The maximum atomic E-state index is 12.6. The molecule has 0 N–H and O–H groups in total. The first-order valence-electron chi connectivity index (χ1n) is 39.4. The van der Waals surface area contributed by atoms with Crippen LogP contribution in [0.15, 0.2) is 74.4 Å². The summed E-state index contributed by atoms with van der Waals surface area (Å²) in [6.07, 6.45) is 48.3. The summed E-state index contributed by atoms with van der Waals surface area (Å²) in [5.41, 5.74) is -1.06. The van der Waals surface area contributed by atoms with Gasteiger partial charge < -0.3 is 56.8 Å². The molecule has 0 aromatic carbocycles. The van der Waals surface area contributed by atoms with E-state index < -0.39 is 11.2 Å². The molecule has 0 aromatic rings. The first-order valence-corrected chi connectivity index (χ1v) is 39.4. The normalized spacial score (nSPS) is 35.8. The molecule has 18 nitrogen and oxygen atoms in total. The lowest BCUT2D eigenvalue weighted by Crippen LogP contribution is -2.45. The Bertz CT molecular complexity index is 2980. The first kappa shape index (κ1) is 77.1. The van der Waals surface area contributed by atoms with Crippen molar-refractivity contribution in [2.24, 2.45) is 41.4 Å². The van der Waals surface area contributed by atoms with E-state index in [1.54, 1.807) is 13.8 Å². The van der Waals surface area contributed by atoms with Gasteiger partial charge in [-0.2, -0.15) is 0 Å². The molecule has 10 saturated heterocycles. The van der Waals surface area contributed by atoms with E-state index in [4.69, 9.17) is 56.8 Å². The summed E-state index contributed by atoms with van der Waals surface area (Å²) in [6.45, 7) is 30.6. The number of ether oxygens (including phenoxy) is 12. The second kappa shape index (κ2) is 33.2. The zero-order valence-electron chi connectivity index (χ0n) is 62.0. The fourth-order valence-corrected chi connectivity index (χ4v) is 20.9. The van der Waals surface area contributed by atoms with Gasteiger partial charge in [-0.3, -0.25) is 4.79 Å². The summed E-state index contributed by atoms with van der Waals surface area (Å²) < 4.78 is 69.2. The van der Waals surface area contributed by atoms with Crippen LogP contribution in [0.1, 0.15) is 260 Å². The van der Waals surface area contributed by atoms with E-state index in [2.05, 4.69) is 45.0 Å². The monoisotopic (exact) mass is 1410 g/mol. The van der Waals surface area contributed by atoms with Crippen molar-refractivity contribution in [1.82, 2.24) is 0 Å². The lowest BCUT2D eigenvalue weighted by atomic mass is 9.75. The van der Waals surface area contributed by atoms with E-state index >= 15 is 0 Å². The molecule has 10 aliphatic heterocycles. The van der Waals surface area contributed by atoms with Crippen molar-refractivity contribution in [3.05, 3.63) is 74.4 Å². The number of hydrogen-bond acceptors (Lipinski definition) is 18. The minimum Gasteiger partial charge on any atom is -0.456 e. The Hall–Kier alpha value is -4.98. The molecule has 17 atom stereocenters. The fourth-order valence-electron chi connectivity index (χ4n) is 20.9. The lowest BCUT2D eigenvalue weighted by Gasteiger charge is -2.38. The Balaban J connectivity index is 0.000000122. The van der Waals surface area contributed by atoms with Gasteiger partial charge in [0.15, 0.2) is 0 Å². The highest BCUT2D eigenvalue weighted by Crippen LogP contribution is 2.55. The Labute approximate surface area is 602 Å². The van der Waals surface area contributed by atoms with E-state index in [1.807, 2.05) is 27.7 Å². The van der Waals surface area contributed by atoms with Crippen LogP contribution >= 0.6 is 0 Å². The van der Waals surface area contributed by atoms with Crippen molar-refractivity contribution < 1.29 is 85.6 Å². The average Bonchev–Trinajstić information content (AvgIpc) is 1.58. The third-order valence-corrected chi connectivity index (χ3v) is 26.1. The zero-order chi connectivity index (χ0) is 71.9. The van der Waals surface area contributed by atoms with Gasteiger partial charge in [-0.25, -0.2) is 24.0 Å². The van der Waals surface area contributed by atoms with E-state index in [1.165, 1.54) is 43.9 Å². The summed E-state index contributed by atoms with van der Waals surface area (Å²) in [5, 5.41) is 0. The predicted octanol–water partition coefficient (Wildman–Crippen LogP) is 15.5. The number of allylic oxidation sites excluding steroid dienone is 2. The number of fused-ring (bicyclic) bond motifs is 10. The molecule has 15 fully saturated rings. The average molecular weight is 1410 g/mol. The SMILES string of the molecule is C=C(C)C(=O)OC(C)(C)C1CC2CCC1O2.C=C(C)C(=O)OC1(C2CC3CCC2O3)CCCC1.C=CC(=O)OC(C)(C)C1CC2CCC1O2.C=CC(=O)OC1(C2CC3CCC2O3)CCCC1.C=CC(=O)OC1(C2CCCO2)CCCC1.O=C(OC1(C2CCCO2)CCCC1)C1CC2C=CC1C2. The van der Waals surface area contributed by atoms with Gasteiger partial charge in [-0.05, 0) is 272 Å². The fraction of sp³-hybridized carbons (Fsp3) is 0.783. The Morgan fingerprint density at radius 1 is 0.416 bits per heavy atom. The van der Waals surface area contributed by atoms with Gasteiger partial charge in [0, 0.05) is 66.3 Å². The third-order valence-electron chi connectivity index (χ3n) is 26.1. The van der Waals surface area contributed by atoms with Crippen LogP contribution in [-0.4, -0.2) is 144 Å². The van der Waals surface area contributed by atoms with Crippen molar-refractivity contribution in [1.29, 1.82) is 0 Å². The predicted molar refractivity (Wildman–Crippen MR) is 381 cm³/mol. The second-order valence-corrected chi connectivity index (χ2v) is 33.7. The topological polar surface area (TPSA) is 213 Å². The standard InChI is InChI=1S/C17H24O3.C15H22O3.C14H20O3.C13H20O3.2C12H18O3/c18-16(14-11-12-5-6-13(14)10-12)20-17(7-1-2-8-17)15-4-3-9-19-15;1-10(2)14(16)18-15(7-3-4-8-15)12-9-11-5-6-13(12)17-11;1-2-13(15)17-14(7-3-4-8-14)11-9-10-5-6-12(11)16-10;1-8(2)12(14)16-13(3,4)10-7-9-5-6-11(10)15-9;1-4-11(13)15-12(2,3)9-7-8-5-6-10(9)14-8;1-2-11(13)15-12(7-3-4-8-12)10-6-5-9-14-10/h5-6,12-15H,1-4,7-11H2;11-13H,1,3-9H2,2H3;2,10-12H,1,3-9H2;9-11H,1,5-7H2,2-4H3;4,8-10H,1,5-7H2,2-3H3;2,10H,1,3-9H2. The molecule has 6 aliphatic carbocycles. The molecule has 101 heavy (non-hydrogen) atoms. The van der Waals surface area contributed by atoms with E-state index in [0.29, 0.717) is 83.3 Å². The molecular weight excluding hydrogens is 1280 g/mol. The van der Waals surface area contributed by atoms with Crippen LogP contribution in [-0.2, 0) is 85.6 Å². The number of esters is 6. The summed E-state index contributed by atoms with van der Waals surface area (Å²) in [7, 11) is 0. The summed E-state index contributed by atoms with van der Waals surface area (Å²) >= 11 is 0. The molecule has 0 aromatic heterocycles. The van der Waals surface area contributed by atoms with E-state index in [0.717, 1.165) is 206 Å². The Morgan fingerprint density at radius 2 is 0.802 bits per heavy atom. The highest BCUT2D eigenvalue weighted by Gasteiger charge is 2.58. The van der Waals surface area contributed by atoms with Crippen molar-refractivity contribution in [3.63, 3.8) is 0 Å². The summed E-state index contributed by atoms with van der Waals surface area (Å²) in [4.78, 5) is 70.2. The lowest BCUT2D eigenvalue weighted by molar-refractivity contribution is -0.179. The van der Waals surface area contributed by atoms with E-state index in [-0.39, 0.29) is 88.6 Å². The molecule has 16 rings (SSSR count). The minimum atomic E-state index is -0.449. The van der Waals surface area contributed by atoms with Crippen molar-refractivity contribution in [2.45, 2.75) is 354 Å². The Morgan fingerprint density at radius 3 is 1.14 bits per heavy atom. The van der Waals surface area contributed by atoms with Crippen molar-refractivity contribution in [3.8, 4) is 0 Å². The highest BCUT2D eigenvalue weighted by atomic mass is 16.6. The largest absolute Gasteiger partial charge is 0.456 e. The van der Waals surface area contributed by atoms with Crippen molar-refractivity contribution in [2.75, 3.05) is 13.2 Å².